The zero-order chi connectivity index (χ0) is 10.8. The zero-order valence-corrected chi connectivity index (χ0v) is 10.5. The molecule has 1 aromatic rings. The fourth-order valence-electron chi connectivity index (χ4n) is 2.30. The van der Waals surface area contributed by atoms with Gasteiger partial charge in [-0.2, -0.15) is 5.10 Å². The molecule has 0 unspecified atom stereocenters. The van der Waals surface area contributed by atoms with Gasteiger partial charge in [-0.1, -0.05) is 25.7 Å². The summed E-state index contributed by atoms with van der Waals surface area (Å²) in [6.45, 7) is 0. The molecule has 0 N–H and O–H groups in total. The second-order valence-electron chi connectivity index (χ2n) is 4.24. The highest BCUT2D eigenvalue weighted by Crippen LogP contribution is 2.29. The van der Waals surface area contributed by atoms with Crippen molar-refractivity contribution in [2.75, 3.05) is 0 Å². The van der Waals surface area contributed by atoms with Gasteiger partial charge < -0.3 is 0 Å². The molecule has 82 valence electrons. The molecule has 0 atom stereocenters. The van der Waals surface area contributed by atoms with Crippen molar-refractivity contribution < 1.29 is 4.79 Å². The normalized spacial score (nSPS) is 17.2. The fraction of sp³-hybridized carbons (Fsp3) is 0.636. The van der Waals surface area contributed by atoms with E-state index in [9.17, 15) is 4.79 Å². The Labute approximate surface area is 98.0 Å². The van der Waals surface area contributed by atoms with Crippen LogP contribution in [0.2, 0.25) is 0 Å². The molecule has 0 bridgehead atoms. The van der Waals surface area contributed by atoms with Crippen LogP contribution < -0.4 is 0 Å². The Morgan fingerprint density at radius 3 is 2.80 bits per heavy atom. The number of aromatic nitrogens is 2. The molecule has 1 aliphatic carbocycles. The molecule has 1 aliphatic rings. The standard InChI is InChI=1S/C11H15BrN2O/c1-14-11(9(12)7-13-14)10(15)6-8-4-2-3-5-8/h7-8H,2-6H2,1H3. The molecule has 0 aromatic carbocycles. The van der Waals surface area contributed by atoms with Crippen molar-refractivity contribution in [1.29, 1.82) is 0 Å². The van der Waals surface area contributed by atoms with Crippen molar-refractivity contribution in [2.45, 2.75) is 32.1 Å². The van der Waals surface area contributed by atoms with E-state index in [-0.39, 0.29) is 5.78 Å². The number of rotatable bonds is 3. The Morgan fingerprint density at radius 1 is 1.60 bits per heavy atom. The minimum absolute atomic E-state index is 0.216. The quantitative estimate of drug-likeness (QED) is 0.792. The number of hydrogen-bond donors (Lipinski definition) is 0. The Kier molecular flexibility index (Phi) is 3.24. The summed E-state index contributed by atoms with van der Waals surface area (Å²) in [4.78, 5) is 12.0. The molecule has 15 heavy (non-hydrogen) atoms. The van der Waals surface area contributed by atoms with E-state index in [1.54, 1.807) is 10.9 Å². The van der Waals surface area contributed by atoms with Crippen molar-refractivity contribution in [3.8, 4) is 0 Å². The van der Waals surface area contributed by atoms with Gasteiger partial charge in [-0.3, -0.25) is 9.48 Å². The highest BCUT2D eigenvalue weighted by molar-refractivity contribution is 9.10. The van der Waals surface area contributed by atoms with Crippen LogP contribution in [0.25, 0.3) is 0 Å². The highest BCUT2D eigenvalue weighted by atomic mass is 79.9. The number of aryl methyl sites for hydroxylation is 1. The van der Waals surface area contributed by atoms with Crippen LogP contribution in [0.3, 0.4) is 0 Å². The van der Waals surface area contributed by atoms with E-state index in [4.69, 9.17) is 0 Å². The van der Waals surface area contributed by atoms with Crippen molar-refractivity contribution in [3.63, 3.8) is 0 Å². The Bertz CT molecular complexity index is 347. The summed E-state index contributed by atoms with van der Waals surface area (Å²) < 4.78 is 2.47. The summed E-state index contributed by atoms with van der Waals surface area (Å²) in [6.07, 6.45) is 7.34. The fourth-order valence-corrected chi connectivity index (χ4v) is 2.87. The van der Waals surface area contributed by atoms with Crippen LogP contribution in [0.15, 0.2) is 10.7 Å². The first-order valence-corrected chi connectivity index (χ1v) is 6.18. The molecule has 0 saturated heterocycles. The summed E-state index contributed by atoms with van der Waals surface area (Å²) in [5.41, 5.74) is 0.710. The molecule has 1 heterocycles. The van der Waals surface area contributed by atoms with E-state index in [1.807, 2.05) is 7.05 Å². The molecule has 1 aromatic heterocycles. The molecule has 0 amide bonds. The molecule has 2 rings (SSSR count). The first kappa shape index (κ1) is 10.9. The van der Waals surface area contributed by atoms with Gasteiger partial charge in [0.05, 0.1) is 10.7 Å². The molecule has 0 radical (unpaired) electrons. The van der Waals surface area contributed by atoms with E-state index in [1.165, 1.54) is 25.7 Å². The van der Waals surface area contributed by atoms with E-state index in [0.717, 1.165) is 4.47 Å². The molecular weight excluding hydrogens is 256 g/mol. The third kappa shape index (κ3) is 2.30. The van der Waals surface area contributed by atoms with E-state index in [2.05, 4.69) is 21.0 Å². The summed E-state index contributed by atoms with van der Waals surface area (Å²) in [5, 5.41) is 4.06. The molecule has 3 nitrogen and oxygen atoms in total. The topological polar surface area (TPSA) is 34.9 Å². The number of halogens is 1. The third-order valence-electron chi connectivity index (χ3n) is 3.11. The minimum Gasteiger partial charge on any atom is -0.292 e. The maximum absolute atomic E-state index is 12.0. The first-order valence-electron chi connectivity index (χ1n) is 5.39. The van der Waals surface area contributed by atoms with Crippen molar-refractivity contribution in [3.05, 3.63) is 16.4 Å². The number of Topliss-reactive ketones (excluding diaryl/α,β-unsaturated/α-hetero) is 1. The van der Waals surface area contributed by atoms with Gasteiger partial charge in [0, 0.05) is 13.5 Å². The van der Waals surface area contributed by atoms with Crippen LogP contribution in [0.4, 0.5) is 0 Å². The summed E-state index contributed by atoms with van der Waals surface area (Å²) in [6, 6.07) is 0. The molecular formula is C11H15BrN2O. The summed E-state index contributed by atoms with van der Waals surface area (Å²) >= 11 is 3.36. The second-order valence-corrected chi connectivity index (χ2v) is 5.10. The SMILES string of the molecule is Cn1ncc(Br)c1C(=O)CC1CCCC1. The predicted octanol–water partition coefficient (Wildman–Crippen LogP) is 2.95. The lowest BCUT2D eigenvalue weighted by Crippen LogP contribution is -2.11. The largest absolute Gasteiger partial charge is 0.292 e. The number of carbonyl (C=O) groups is 1. The monoisotopic (exact) mass is 270 g/mol. The molecule has 1 fully saturated rings. The van der Waals surface area contributed by atoms with Crippen molar-refractivity contribution in [1.82, 2.24) is 9.78 Å². The van der Waals surface area contributed by atoms with Gasteiger partial charge in [0.2, 0.25) is 0 Å². The lowest BCUT2D eigenvalue weighted by atomic mass is 10.00. The Morgan fingerprint density at radius 2 is 2.27 bits per heavy atom. The second kappa shape index (κ2) is 4.47. The average Bonchev–Trinajstić information content (AvgIpc) is 2.77. The maximum Gasteiger partial charge on any atom is 0.182 e. The zero-order valence-electron chi connectivity index (χ0n) is 8.87. The van der Waals surface area contributed by atoms with Gasteiger partial charge in [-0.15, -0.1) is 0 Å². The van der Waals surface area contributed by atoms with E-state index < -0.39 is 0 Å². The number of hydrogen-bond acceptors (Lipinski definition) is 2. The Hall–Kier alpha value is -0.640. The maximum atomic E-state index is 12.0. The third-order valence-corrected chi connectivity index (χ3v) is 3.69. The molecule has 1 saturated carbocycles. The van der Waals surface area contributed by atoms with Crippen LogP contribution in [0.5, 0.6) is 0 Å². The molecule has 0 spiro atoms. The Balaban J connectivity index is 2.07. The lowest BCUT2D eigenvalue weighted by molar-refractivity contribution is 0.0952. The van der Waals surface area contributed by atoms with Crippen molar-refractivity contribution in [2.24, 2.45) is 13.0 Å². The first-order chi connectivity index (χ1) is 7.18. The van der Waals surface area contributed by atoms with E-state index in [0.29, 0.717) is 18.0 Å². The van der Waals surface area contributed by atoms with Gasteiger partial charge in [-0.25, -0.2) is 0 Å². The van der Waals surface area contributed by atoms with Gasteiger partial charge in [0.15, 0.2) is 5.78 Å². The van der Waals surface area contributed by atoms with Gasteiger partial charge in [0.1, 0.15) is 5.69 Å². The van der Waals surface area contributed by atoms with Crippen LogP contribution in [0, 0.1) is 5.92 Å². The van der Waals surface area contributed by atoms with Gasteiger partial charge in [0.25, 0.3) is 0 Å². The van der Waals surface area contributed by atoms with Crippen LogP contribution in [-0.4, -0.2) is 15.6 Å². The highest BCUT2D eigenvalue weighted by Gasteiger charge is 2.22. The number of ketones is 1. The molecule has 4 heteroatoms. The summed E-state index contributed by atoms with van der Waals surface area (Å²) in [5.74, 6) is 0.813. The van der Waals surface area contributed by atoms with Crippen LogP contribution >= 0.6 is 15.9 Å². The smallest absolute Gasteiger partial charge is 0.182 e. The minimum atomic E-state index is 0.216. The van der Waals surface area contributed by atoms with Crippen LogP contribution in [-0.2, 0) is 7.05 Å². The average molecular weight is 271 g/mol. The lowest BCUT2D eigenvalue weighted by Gasteiger charge is -2.08. The van der Waals surface area contributed by atoms with Gasteiger partial charge in [-0.05, 0) is 21.8 Å². The van der Waals surface area contributed by atoms with Gasteiger partial charge >= 0.3 is 0 Å². The number of carbonyl (C=O) groups excluding carboxylic acids is 1. The van der Waals surface area contributed by atoms with Crippen molar-refractivity contribution >= 4 is 21.7 Å². The molecule has 0 aliphatic heterocycles. The van der Waals surface area contributed by atoms with Crippen LogP contribution in [0.1, 0.15) is 42.6 Å². The number of nitrogens with zero attached hydrogens (tertiary/aromatic N) is 2. The summed E-state index contributed by atoms with van der Waals surface area (Å²) in [7, 11) is 1.81. The van der Waals surface area contributed by atoms with E-state index >= 15 is 0 Å². The predicted molar refractivity (Wildman–Crippen MR) is 61.8 cm³/mol.